The Balaban J connectivity index is 2.47. The van der Waals surface area contributed by atoms with Gasteiger partial charge in [-0.15, -0.1) is 0 Å². The Morgan fingerprint density at radius 1 is 1.35 bits per heavy atom. The van der Waals surface area contributed by atoms with Crippen molar-refractivity contribution in [3.8, 4) is 5.75 Å². The van der Waals surface area contributed by atoms with E-state index in [4.69, 9.17) is 20.8 Å². The molecule has 88 valence electrons. The fourth-order valence-corrected chi connectivity index (χ4v) is 1.47. The maximum atomic E-state index is 11.4. The van der Waals surface area contributed by atoms with Crippen molar-refractivity contribution in [2.45, 2.75) is 0 Å². The molecule has 0 bridgehead atoms. The third-order valence-corrected chi connectivity index (χ3v) is 2.40. The Bertz CT molecular complexity index is 667. The molecule has 1 heterocycles. The first kappa shape index (κ1) is 11.5. The summed E-state index contributed by atoms with van der Waals surface area (Å²) in [7, 11) is 1.60. The second kappa shape index (κ2) is 4.93. The van der Waals surface area contributed by atoms with E-state index < -0.39 is 5.63 Å². The molecule has 0 radical (unpaired) electrons. The van der Waals surface area contributed by atoms with Crippen molar-refractivity contribution >= 4 is 23.2 Å². The Morgan fingerprint density at radius 2 is 2.06 bits per heavy atom. The molecule has 0 spiro atoms. The van der Waals surface area contributed by atoms with Gasteiger partial charge in [-0.25, -0.2) is 4.79 Å². The van der Waals surface area contributed by atoms with Crippen LogP contribution < -0.4 is 21.3 Å². The second-order valence-corrected chi connectivity index (χ2v) is 3.54. The normalized spacial score (nSPS) is 13.1. The van der Waals surface area contributed by atoms with Gasteiger partial charge in [0.25, 0.3) is 0 Å². The van der Waals surface area contributed by atoms with E-state index in [2.05, 4.69) is 4.98 Å². The van der Waals surface area contributed by atoms with Crippen molar-refractivity contribution in [1.29, 1.82) is 0 Å². The number of oxazole rings is 1. The molecule has 0 unspecified atom stereocenters. The van der Waals surface area contributed by atoms with Crippen molar-refractivity contribution < 1.29 is 9.15 Å². The molecule has 1 aromatic carbocycles. The molecular formula is C12H10ClNO3. The van der Waals surface area contributed by atoms with Gasteiger partial charge in [0.15, 0.2) is 0 Å². The molecule has 0 aliphatic heterocycles. The summed E-state index contributed by atoms with van der Waals surface area (Å²) in [4.78, 5) is 14.1. The third kappa shape index (κ3) is 2.60. The molecule has 2 aromatic rings. The SMILES string of the molecule is COc1ccc(/C=c2\[nH]/c(=C\Cl)oc2=O)cc1. The summed E-state index contributed by atoms with van der Waals surface area (Å²) in [6.07, 6.45) is 1.68. The fraction of sp³-hybridized carbons (Fsp3) is 0.0833. The largest absolute Gasteiger partial charge is 0.497 e. The average molecular weight is 252 g/mol. The van der Waals surface area contributed by atoms with Crippen LogP contribution >= 0.6 is 11.6 Å². The van der Waals surface area contributed by atoms with Crippen LogP contribution in [0, 0.1) is 0 Å². The Morgan fingerprint density at radius 3 is 2.59 bits per heavy atom. The number of methoxy groups -OCH3 is 1. The highest BCUT2D eigenvalue weighted by Crippen LogP contribution is 2.11. The van der Waals surface area contributed by atoms with Gasteiger partial charge in [-0.3, -0.25) is 0 Å². The van der Waals surface area contributed by atoms with Crippen LogP contribution in [0.4, 0.5) is 0 Å². The van der Waals surface area contributed by atoms with Crippen molar-refractivity contribution in [2.24, 2.45) is 0 Å². The lowest BCUT2D eigenvalue weighted by atomic mass is 10.2. The lowest BCUT2D eigenvalue weighted by molar-refractivity contribution is 0.415. The first-order valence-corrected chi connectivity index (χ1v) is 5.32. The molecule has 0 saturated heterocycles. The minimum absolute atomic E-state index is 0.233. The smallest absolute Gasteiger partial charge is 0.361 e. The van der Waals surface area contributed by atoms with E-state index in [1.165, 1.54) is 5.54 Å². The summed E-state index contributed by atoms with van der Waals surface area (Å²) in [5.74, 6) is 0.760. The number of aromatic nitrogens is 1. The van der Waals surface area contributed by atoms with Gasteiger partial charge in [0, 0.05) is 0 Å². The third-order valence-electron chi connectivity index (χ3n) is 2.21. The number of benzene rings is 1. The Kier molecular flexibility index (Phi) is 3.35. The summed E-state index contributed by atoms with van der Waals surface area (Å²) in [6.45, 7) is 0. The van der Waals surface area contributed by atoms with E-state index in [-0.39, 0.29) is 5.55 Å². The van der Waals surface area contributed by atoms with Gasteiger partial charge in [-0.2, -0.15) is 0 Å². The van der Waals surface area contributed by atoms with Gasteiger partial charge in [-0.05, 0) is 23.8 Å². The van der Waals surface area contributed by atoms with Gasteiger partial charge >= 0.3 is 5.63 Å². The number of nitrogens with one attached hydrogen (secondary N) is 1. The zero-order valence-electron chi connectivity index (χ0n) is 9.07. The highest BCUT2D eigenvalue weighted by Gasteiger charge is 1.96. The highest BCUT2D eigenvalue weighted by molar-refractivity contribution is 6.38. The standard InChI is InChI=1S/C12H10ClNO3/c1-16-9-4-2-8(3-5-9)6-10-12(15)17-11(7-13)14-10/h2-7,14H,1H3/b10-6-,11-7+. The minimum Gasteiger partial charge on any atom is -0.497 e. The summed E-state index contributed by atoms with van der Waals surface area (Å²) >= 11 is 5.44. The summed E-state index contributed by atoms with van der Waals surface area (Å²) in [6, 6.07) is 7.29. The number of halogens is 1. The van der Waals surface area contributed by atoms with E-state index in [0.29, 0.717) is 5.35 Å². The zero-order chi connectivity index (χ0) is 12.3. The zero-order valence-corrected chi connectivity index (χ0v) is 9.82. The maximum absolute atomic E-state index is 11.4. The molecule has 5 heteroatoms. The van der Waals surface area contributed by atoms with E-state index in [9.17, 15) is 4.79 Å². The van der Waals surface area contributed by atoms with Crippen molar-refractivity contribution in [1.82, 2.24) is 4.98 Å². The van der Waals surface area contributed by atoms with Crippen molar-refractivity contribution in [2.75, 3.05) is 7.11 Å². The van der Waals surface area contributed by atoms with Crippen LogP contribution in [0.5, 0.6) is 5.75 Å². The molecule has 0 aliphatic carbocycles. The topological polar surface area (TPSA) is 55.2 Å². The molecular weight excluding hydrogens is 242 g/mol. The molecule has 1 aromatic heterocycles. The van der Waals surface area contributed by atoms with Crippen LogP contribution in [0.25, 0.3) is 11.6 Å². The maximum Gasteiger partial charge on any atom is 0.361 e. The molecule has 2 rings (SSSR count). The molecule has 0 saturated carbocycles. The van der Waals surface area contributed by atoms with Crippen LogP contribution in [0.15, 0.2) is 33.5 Å². The molecule has 4 nitrogen and oxygen atoms in total. The number of hydrogen-bond acceptors (Lipinski definition) is 3. The summed E-state index contributed by atoms with van der Waals surface area (Å²) < 4.78 is 9.87. The first-order chi connectivity index (χ1) is 8.22. The van der Waals surface area contributed by atoms with Crippen LogP contribution in [-0.2, 0) is 0 Å². The van der Waals surface area contributed by atoms with Gasteiger partial charge in [0.2, 0.25) is 5.55 Å². The van der Waals surface area contributed by atoms with Gasteiger partial charge in [0.05, 0.1) is 12.6 Å². The first-order valence-electron chi connectivity index (χ1n) is 4.88. The van der Waals surface area contributed by atoms with Gasteiger partial charge < -0.3 is 14.1 Å². The predicted molar refractivity (Wildman–Crippen MR) is 65.5 cm³/mol. The molecule has 1 N–H and O–H groups in total. The Labute approximate surface area is 102 Å². The molecule has 0 aliphatic rings. The molecule has 0 atom stereocenters. The molecule has 0 amide bonds. The second-order valence-electron chi connectivity index (χ2n) is 3.32. The van der Waals surface area contributed by atoms with Crippen LogP contribution in [-0.4, -0.2) is 12.1 Å². The Hall–Kier alpha value is -1.94. The number of ether oxygens (including phenoxy) is 1. The minimum atomic E-state index is -0.451. The number of rotatable bonds is 2. The van der Waals surface area contributed by atoms with E-state index in [0.717, 1.165) is 11.3 Å². The quantitative estimate of drug-likeness (QED) is 0.858. The monoisotopic (exact) mass is 251 g/mol. The van der Waals surface area contributed by atoms with Crippen LogP contribution in [0.1, 0.15) is 5.56 Å². The van der Waals surface area contributed by atoms with E-state index in [1.54, 1.807) is 13.2 Å². The van der Waals surface area contributed by atoms with Gasteiger partial charge in [0.1, 0.15) is 11.1 Å². The van der Waals surface area contributed by atoms with Crippen LogP contribution in [0.2, 0.25) is 0 Å². The number of aromatic amines is 1. The summed E-state index contributed by atoms with van der Waals surface area (Å²) in [5, 5.41) is 0.349. The predicted octanol–water partition coefficient (Wildman–Crippen LogP) is 0.782. The van der Waals surface area contributed by atoms with Crippen LogP contribution in [0.3, 0.4) is 0 Å². The molecule has 17 heavy (non-hydrogen) atoms. The van der Waals surface area contributed by atoms with Crippen molar-refractivity contribution in [3.63, 3.8) is 0 Å². The number of H-pyrrole nitrogens is 1. The lowest BCUT2D eigenvalue weighted by Gasteiger charge is -1.98. The van der Waals surface area contributed by atoms with E-state index in [1.807, 2.05) is 24.3 Å². The lowest BCUT2D eigenvalue weighted by Crippen LogP contribution is -2.21. The number of hydrogen-bond donors (Lipinski definition) is 1. The molecule has 0 fully saturated rings. The fourth-order valence-electron chi connectivity index (χ4n) is 1.38. The summed E-state index contributed by atoms with van der Waals surface area (Å²) in [5.41, 5.74) is 1.82. The van der Waals surface area contributed by atoms with E-state index >= 15 is 0 Å². The van der Waals surface area contributed by atoms with Crippen molar-refractivity contribution in [3.05, 3.63) is 51.1 Å². The highest BCUT2D eigenvalue weighted by atomic mass is 35.5. The van der Waals surface area contributed by atoms with Gasteiger partial charge in [-0.1, -0.05) is 23.7 Å². The average Bonchev–Trinajstić information content (AvgIpc) is 2.71.